The number of hydrogen-bond acceptors (Lipinski definition) is 4. The molecule has 1 amide bonds. The molecule has 0 radical (unpaired) electrons. The van der Waals surface area contributed by atoms with E-state index >= 15 is 0 Å². The molecule has 4 rings (SSSR count). The van der Waals surface area contributed by atoms with E-state index in [-0.39, 0.29) is 6.79 Å². The molecule has 0 atom stereocenters. The van der Waals surface area contributed by atoms with Gasteiger partial charge in [-0.2, -0.15) is 0 Å². The third-order valence-corrected chi connectivity index (χ3v) is 5.52. The molecule has 0 aliphatic carbocycles. The second kappa shape index (κ2) is 8.14. The maximum Gasteiger partial charge on any atom is 0.251 e. The van der Waals surface area contributed by atoms with Crippen LogP contribution in [0.5, 0.6) is 17.2 Å². The highest BCUT2D eigenvalue weighted by molar-refractivity contribution is 6.02. The van der Waals surface area contributed by atoms with Crippen LogP contribution in [0.3, 0.4) is 0 Å². The van der Waals surface area contributed by atoms with Gasteiger partial charge in [-0.25, -0.2) is 0 Å². The first-order valence-corrected chi connectivity index (χ1v) is 10.1. The zero-order chi connectivity index (χ0) is 21.3. The lowest BCUT2D eigenvalue weighted by Gasteiger charge is -2.13. The largest absolute Gasteiger partial charge is 0.497 e. The number of fused-ring (bicyclic) bond motifs is 1. The van der Waals surface area contributed by atoms with Crippen LogP contribution in [-0.4, -0.2) is 24.4 Å². The van der Waals surface area contributed by atoms with Crippen LogP contribution < -0.4 is 19.9 Å². The van der Waals surface area contributed by atoms with Crippen molar-refractivity contribution in [3.05, 3.63) is 65.0 Å². The zero-order valence-electron chi connectivity index (χ0n) is 17.5. The van der Waals surface area contributed by atoms with Crippen molar-refractivity contribution in [1.82, 2.24) is 4.57 Å². The van der Waals surface area contributed by atoms with Gasteiger partial charge in [-0.3, -0.25) is 4.79 Å². The lowest BCUT2D eigenvalue weighted by Crippen LogP contribution is -2.13. The summed E-state index contributed by atoms with van der Waals surface area (Å²) in [6.45, 7) is 4.96. The van der Waals surface area contributed by atoms with E-state index in [0.717, 1.165) is 58.2 Å². The molecule has 2 heterocycles. The fourth-order valence-electron chi connectivity index (χ4n) is 4.10. The van der Waals surface area contributed by atoms with Crippen molar-refractivity contribution in [2.24, 2.45) is 5.73 Å². The van der Waals surface area contributed by atoms with E-state index in [9.17, 15) is 4.79 Å². The number of amides is 1. The average molecular weight is 406 g/mol. The van der Waals surface area contributed by atoms with Crippen LogP contribution in [0, 0.1) is 6.92 Å². The monoisotopic (exact) mass is 406 g/mol. The van der Waals surface area contributed by atoms with Crippen molar-refractivity contribution in [1.29, 1.82) is 0 Å². The Kier molecular flexibility index (Phi) is 5.40. The number of aromatic nitrogens is 1. The van der Waals surface area contributed by atoms with Crippen molar-refractivity contribution in [3.63, 3.8) is 0 Å². The Hall–Kier alpha value is -3.41. The SMILES string of the molecule is CCCc1c(-c2ccc(OC)cc2)c(C(N)=O)c(C)n1Cc1ccc2c(c1)OCO2. The summed E-state index contributed by atoms with van der Waals surface area (Å²) in [5.41, 5.74) is 11.3. The molecule has 6 heteroatoms. The predicted molar refractivity (Wildman–Crippen MR) is 115 cm³/mol. The number of rotatable bonds is 7. The van der Waals surface area contributed by atoms with E-state index in [1.807, 2.05) is 49.4 Å². The van der Waals surface area contributed by atoms with Crippen LogP contribution in [0.4, 0.5) is 0 Å². The summed E-state index contributed by atoms with van der Waals surface area (Å²) in [5.74, 6) is 1.86. The molecule has 1 aromatic heterocycles. The first-order chi connectivity index (χ1) is 14.5. The Morgan fingerprint density at radius 3 is 2.53 bits per heavy atom. The highest BCUT2D eigenvalue weighted by Gasteiger charge is 2.25. The van der Waals surface area contributed by atoms with Crippen LogP contribution in [0.25, 0.3) is 11.1 Å². The highest BCUT2D eigenvalue weighted by Crippen LogP contribution is 2.36. The Morgan fingerprint density at radius 2 is 1.87 bits per heavy atom. The number of primary amides is 1. The number of carbonyl (C=O) groups excluding carboxylic acids is 1. The van der Waals surface area contributed by atoms with Crippen molar-refractivity contribution in [2.75, 3.05) is 13.9 Å². The van der Waals surface area contributed by atoms with E-state index in [2.05, 4.69) is 11.5 Å². The Labute approximate surface area is 176 Å². The van der Waals surface area contributed by atoms with Gasteiger partial charge in [0, 0.05) is 23.5 Å². The predicted octanol–water partition coefficient (Wildman–Crippen LogP) is 4.30. The molecule has 0 saturated carbocycles. The molecule has 0 unspecified atom stereocenters. The van der Waals surface area contributed by atoms with Gasteiger partial charge in [-0.05, 0) is 48.7 Å². The molecule has 30 heavy (non-hydrogen) atoms. The molecular weight excluding hydrogens is 380 g/mol. The molecule has 156 valence electrons. The summed E-state index contributed by atoms with van der Waals surface area (Å²) in [5, 5.41) is 0. The van der Waals surface area contributed by atoms with Gasteiger partial charge in [0.2, 0.25) is 6.79 Å². The molecule has 2 N–H and O–H groups in total. The first kappa shape index (κ1) is 19.9. The van der Waals surface area contributed by atoms with Crippen molar-refractivity contribution in [3.8, 4) is 28.4 Å². The topological polar surface area (TPSA) is 75.7 Å². The smallest absolute Gasteiger partial charge is 0.251 e. The van der Waals surface area contributed by atoms with Crippen molar-refractivity contribution < 1.29 is 19.0 Å². The molecule has 0 spiro atoms. The molecule has 0 bridgehead atoms. The molecular formula is C24H26N2O4. The van der Waals surface area contributed by atoms with Crippen LogP contribution in [0.15, 0.2) is 42.5 Å². The highest BCUT2D eigenvalue weighted by atomic mass is 16.7. The number of ether oxygens (including phenoxy) is 3. The average Bonchev–Trinajstić information content (AvgIpc) is 3.31. The fraction of sp³-hybridized carbons (Fsp3) is 0.292. The molecule has 0 saturated heterocycles. The maximum absolute atomic E-state index is 12.5. The summed E-state index contributed by atoms with van der Waals surface area (Å²) in [6.07, 6.45) is 1.78. The number of carbonyl (C=O) groups is 1. The van der Waals surface area contributed by atoms with Crippen molar-refractivity contribution >= 4 is 5.91 Å². The molecule has 2 aromatic carbocycles. The normalized spacial score (nSPS) is 12.2. The molecule has 6 nitrogen and oxygen atoms in total. The number of nitrogens with zero attached hydrogens (tertiary/aromatic N) is 1. The molecule has 1 aliphatic rings. The zero-order valence-corrected chi connectivity index (χ0v) is 17.5. The van der Waals surface area contributed by atoms with Gasteiger partial charge < -0.3 is 24.5 Å². The second-order valence-electron chi connectivity index (χ2n) is 7.40. The summed E-state index contributed by atoms with van der Waals surface area (Å²) in [4.78, 5) is 12.5. The van der Waals surface area contributed by atoms with Crippen LogP contribution in [-0.2, 0) is 13.0 Å². The summed E-state index contributed by atoms with van der Waals surface area (Å²) >= 11 is 0. The standard InChI is InChI=1S/C24H26N2O4/c1-4-5-19-23(17-7-9-18(28-3)10-8-17)22(24(25)27)15(2)26(19)13-16-6-11-20-21(12-16)30-14-29-20/h6-12H,4-5,13-14H2,1-3H3,(H2,25,27). The minimum atomic E-state index is -0.417. The van der Waals surface area contributed by atoms with E-state index in [4.69, 9.17) is 19.9 Å². The lowest BCUT2D eigenvalue weighted by molar-refractivity contribution is 0.1000. The molecule has 0 fully saturated rings. The lowest BCUT2D eigenvalue weighted by atomic mass is 9.98. The quantitative estimate of drug-likeness (QED) is 0.635. The summed E-state index contributed by atoms with van der Waals surface area (Å²) in [7, 11) is 1.64. The minimum Gasteiger partial charge on any atom is -0.497 e. The number of nitrogens with two attached hydrogens (primary N) is 1. The third kappa shape index (κ3) is 3.49. The van der Waals surface area contributed by atoms with E-state index in [1.165, 1.54) is 0 Å². The summed E-state index contributed by atoms with van der Waals surface area (Å²) < 4.78 is 18.4. The minimum absolute atomic E-state index is 0.246. The number of benzene rings is 2. The molecule has 1 aliphatic heterocycles. The van der Waals surface area contributed by atoms with Gasteiger partial charge in [0.25, 0.3) is 5.91 Å². The summed E-state index contributed by atoms with van der Waals surface area (Å²) in [6, 6.07) is 13.7. The van der Waals surface area contributed by atoms with E-state index < -0.39 is 5.91 Å². The van der Waals surface area contributed by atoms with Crippen LogP contribution in [0.1, 0.15) is 40.7 Å². The number of methoxy groups -OCH3 is 1. The molecule has 3 aromatic rings. The van der Waals surface area contributed by atoms with E-state index in [0.29, 0.717) is 12.1 Å². The van der Waals surface area contributed by atoms with Gasteiger partial charge in [0.15, 0.2) is 11.5 Å². The van der Waals surface area contributed by atoms with Gasteiger partial charge in [-0.1, -0.05) is 31.5 Å². The van der Waals surface area contributed by atoms with Gasteiger partial charge in [0.1, 0.15) is 5.75 Å². The Morgan fingerprint density at radius 1 is 1.13 bits per heavy atom. The van der Waals surface area contributed by atoms with Crippen molar-refractivity contribution in [2.45, 2.75) is 33.2 Å². The van der Waals surface area contributed by atoms with E-state index in [1.54, 1.807) is 7.11 Å². The Balaban J connectivity index is 1.84. The first-order valence-electron chi connectivity index (χ1n) is 10.1. The Bertz CT molecular complexity index is 1080. The van der Waals surface area contributed by atoms with Crippen LogP contribution >= 0.6 is 0 Å². The van der Waals surface area contributed by atoms with Gasteiger partial charge in [0.05, 0.1) is 12.7 Å². The van der Waals surface area contributed by atoms with Crippen LogP contribution in [0.2, 0.25) is 0 Å². The maximum atomic E-state index is 12.5. The fourth-order valence-corrected chi connectivity index (χ4v) is 4.10. The van der Waals surface area contributed by atoms with Gasteiger partial charge in [-0.15, -0.1) is 0 Å². The van der Waals surface area contributed by atoms with Gasteiger partial charge >= 0.3 is 0 Å². The number of hydrogen-bond donors (Lipinski definition) is 1. The second-order valence-corrected chi connectivity index (χ2v) is 7.40. The third-order valence-electron chi connectivity index (χ3n) is 5.52.